The number of fused-ring (bicyclic) bond motifs is 3. The van der Waals surface area contributed by atoms with Crippen LogP contribution in [0.15, 0.2) is 97.1 Å². The van der Waals surface area contributed by atoms with Crippen molar-refractivity contribution in [2.24, 2.45) is 35.5 Å². The average Bonchev–Trinajstić information content (AvgIpc) is 3.14. The van der Waals surface area contributed by atoms with Gasteiger partial charge >= 0.3 is 0 Å². The van der Waals surface area contributed by atoms with E-state index < -0.39 is 0 Å². The lowest BCUT2D eigenvalue weighted by molar-refractivity contribution is 0.456. The van der Waals surface area contributed by atoms with E-state index in [-0.39, 0.29) is 0 Å². The largest absolute Gasteiger partial charge is 0.0622 e. The van der Waals surface area contributed by atoms with Crippen molar-refractivity contribution < 1.29 is 0 Å². The first kappa shape index (κ1) is 17.1. The monoisotopic (exact) mass is 420 g/mol. The van der Waals surface area contributed by atoms with Crippen LogP contribution in [0, 0.1) is 35.5 Å². The van der Waals surface area contributed by atoms with E-state index in [0.29, 0.717) is 11.8 Å². The third-order valence-electron chi connectivity index (χ3n) is 9.66. The minimum Gasteiger partial charge on any atom is -0.0622 e. The summed E-state index contributed by atoms with van der Waals surface area (Å²) in [4.78, 5) is 0. The predicted molar refractivity (Wildman–Crippen MR) is 136 cm³/mol. The number of rotatable bonds is 2. The van der Waals surface area contributed by atoms with Crippen molar-refractivity contribution in [1.82, 2.24) is 0 Å². The van der Waals surface area contributed by atoms with Crippen molar-refractivity contribution >= 4 is 33.1 Å². The molecule has 6 aliphatic carbocycles. The molecule has 0 N–H and O–H groups in total. The Labute approximate surface area is 194 Å². The van der Waals surface area contributed by atoms with E-state index in [9.17, 15) is 0 Å². The van der Waals surface area contributed by atoms with Gasteiger partial charge in [-0.2, -0.15) is 0 Å². The minimum absolute atomic E-state index is 0.711. The van der Waals surface area contributed by atoms with E-state index in [1.807, 2.05) is 0 Å². The Hall–Kier alpha value is -3.38. The molecule has 4 fully saturated rings. The summed E-state index contributed by atoms with van der Waals surface area (Å²) in [6, 6.07) is 36.7. The maximum atomic E-state index is 2.40. The van der Waals surface area contributed by atoms with Crippen molar-refractivity contribution in [2.45, 2.75) is 6.42 Å². The molecular formula is C33H24. The standard InChI is InChI=1S/C33H24/c1-3-9-19(10-4-1)26-28-21-15-7-13-18-14-8-16-22(25(18)21)29(28)27(20-11-5-2-6-12-20)31-23-17-24-32(30(23)26)33(24)31/h1-16,23-24,30-33H,17H2/t23?,24?,30-,31+,32-,33+. The van der Waals surface area contributed by atoms with Crippen molar-refractivity contribution in [2.75, 3.05) is 0 Å². The SMILES string of the molecule is c1ccc(C2=C3C(=C(c4ccccc4)[C@H]4C5CC6[C@H]([C@H]64)[C@H]25)c2cccc4cccc3c24)cc1. The summed E-state index contributed by atoms with van der Waals surface area (Å²) in [6.07, 6.45) is 1.43. The second-order valence-electron chi connectivity index (χ2n) is 10.8. The van der Waals surface area contributed by atoms with Crippen LogP contribution in [-0.4, -0.2) is 0 Å². The Morgan fingerprint density at radius 1 is 0.485 bits per heavy atom. The summed E-state index contributed by atoms with van der Waals surface area (Å²) in [5.41, 5.74) is 12.2. The quantitative estimate of drug-likeness (QED) is 0.310. The van der Waals surface area contributed by atoms with Gasteiger partial charge < -0.3 is 0 Å². The molecular weight excluding hydrogens is 396 g/mol. The van der Waals surface area contributed by atoms with Crippen molar-refractivity contribution in [1.29, 1.82) is 0 Å². The Bertz CT molecular complexity index is 1440. The molecule has 6 atom stereocenters. The number of allylic oxidation sites excluding steroid dienone is 4. The molecule has 6 aliphatic rings. The van der Waals surface area contributed by atoms with Crippen LogP contribution in [0.5, 0.6) is 0 Å². The van der Waals surface area contributed by atoms with Crippen LogP contribution >= 0.6 is 0 Å². The fourth-order valence-electron chi connectivity index (χ4n) is 8.80. The molecule has 0 radical (unpaired) electrons. The van der Waals surface area contributed by atoms with Crippen molar-refractivity contribution in [3.05, 3.63) is 119 Å². The second-order valence-corrected chi connectivity index (χ2v) is 10.8. The molecule has 4 aromatic carbocycles. The van der Waals surface area contributed by atoms with E-state index in [1.165, 1.54) is 39.4 Å². The Kier molecular flexibility index (Phi) is 2.99. The summed E-state index contributed by atoms with van der Waals surface area (Å²) in [5, 5.41) is 2.84. The van der Waals surface area contributed by atoms with E-state index in [2.05, 4.69) is 97.1 Å². The molecule has 6 bridgehead atoms. The van der Waals surface area contributed by atoms with Crippen LogP contribution < -0.4 is 0 Å². The van der Waals surface area contributed by atoms with Crippen LogP contribution in [0.2, 0.25) is 0 Å². The highest BCUT2D eigenvalue weighted by Gasteiger charge is 2.75. The fourth-order valence-corrected chi connectivity index (χ4v) is 8.80. The molecule has 156 valence electrons. The maximum absolute atomic E-state index is 2.40. The van der Waals surface area contributed by atoms with Gasteiger partial charge in [-0.05, 0) is 97.2 Å². The number of hydrogen-bond donors (Lipinski definition) is 0. The number of hydrogen-bond acceptors (Lipinski definition) is 0. The molecule has 0 spiro atoms. The van der Waals surface area contributed by atoms with Crippen LogP contribution in [0.4, 0.5) is 0 Å². The highest BCUT2D eigenvalue weighted by molar-refractivity contribution is 6.33. The first-order chi connectivity index (χ1) is 16.4. The average molecular weight is 421 g/mol. The van der Waals surface area contributed by atoms with Gasteiger partial charge in [0.2, 0.25) is 0 Å². The zero-order valence-corrected chi connectivity index (χ0v) is 18.4. The van der Waals surface area contributed by atoms with Gasteiger partial charge in [0.15, 0.2) is 0 Å². The van der Waals surface area contributed by atoms with E-state index in [1.54, 1.807) is 22.3 Å². The Morgan fingerprint density at radius 2 is 1.00 bits per heavy atom. The van der Waals surface area contributed by atoms with Crippen LogP contribution in [0.1, 0.15) is 28.7 Å². The molecule has 2 unspecified atom stereocenters. The Balaban J connectivity index is 1.50. The minimum atomic E-state index is 0.711. The highest BCUT2D eigenvalue weighted by atomic mass is 14.8. The predicted octanol–water partition coefficient (Wildman–Crippen LogP) is 7.82. The summed E-state index contributed by atoms with van der Waals surface area (Å²) in [7, 11) is 0. The summed E-state index contributed by atoms with van der Waals surface area (Å²) in [6.45, 7) is 0. The lowest BCUT2D eigenvalue weighted by Crippen LogP contribution is -2.14. The van der Waals surface area contributed by atoms with Gasteiger partial charge in [0, 0.05) is 0 Å². The molecule has 0 heterocycles. The third-order valence-corrected chi connectivity index (χ3v) is 9.66. The van der Waals surface area contributed by atoms with E-state index in [4.69, 9.17) is 0 Å². The molecule has 0 amide bonds. The molecule has 0 aromatic heterocycles. The third kappa shape index (κ3) is 1.93. The smallest absolute Gasteiger partial charge is 0.00262 e. The van der Waals surface area contributed by atoms with Crippen LogP contribution in [-0.2, 0) is 0 Å². The first-order valence-corrected chi connectivity index (χ1v) is 12.5. The molecule has 33 heavy (non-hydrogen) atoms. The zero-order valence-electron chi connectivity index (χ0n) is 18.4. The van der Waals surface area contributed by atoms with Gasteiger partial charge in [-0.25, -0.2) is 0 Å². The molecule has 4 aromatic rings. The lowest BCUT2D eigenvalue weighted by Gasteiger charge is -2.23. The fraction of sp³-hybridized carbons (Fsp3) is 0.212. The molecule has 0 nitrogen and oxygen atoms in total. The van der Waals surface area contributed by atoms with Crippen LogP contribution in [0.25, 0.3) is 33.1 Å². The first-order valence-electron chi connectivity index (χ1n) is 12.5. The molecule has 10 rings (SSSR count). The topological polar surface area (TPSA) is 0 Å². The molecule has 0 saturated heterocycles. The zero-order chi connectivity index (χ0) is 21.3. The second kappa shape index (κ2) is 5.75. The molecule has 0 aliphatic heterocycles. The normalized spacial score (nSPS) is 31.9. The van der Waals surface area contributed by atoms with Gasteiger partial charge in [-0.3, -0.25) is 0 Å². The van der Waals surface area contributed by atoms with Gasteiger partial charge in [-0.1, -0.05) is 97.1 Å². The van der Waals surface area contributed by atoms with Gasteiger partial charge in [0.05, 0.1) is 0 Å². The Morgan fingerprint density at radius 3 is 1.48 bits per heavy atom. The molecule has 0 heteroatoms. The van der Waals surface area contributed by atoms with Gasteiger partial charge in [0.1, 0.15) is 0 Å². The summed E-state index contributed by atoms with van der Waals surface area (Å²) >= 11 is 0. The number of benzene rings is 4. The van der Waals surface area contributed by atoms with Gasteiger partial charge in [-0.15, -0.1) is 0 Å². The van der Waals surface area contributed by atoms with Crippen molar-refractivity contribution in [3.63, 3.8) is 0 Å². The van der Waals surface area contributed by atoms with E-state index >= 15 is 0 Å². The summed E-state index contributed by atoms with van der Waals surface area (Å²) in [5.74, 6) is 4.96. The van der Waals surface area contributed by atoms with Crippen LogP contribution in [0.3, 0.4) is 0 Å². The maximum Gasteiger partial charge on any atom is -0.00262 e. The van der Waals surface area contributed by atoms with Gasteiger partial charge in [0.25, 0.3) is 0 Å². The summed E-state index contributed by atoms with van der Waals surface area (Å²) < 4.78 is 0. The molecule has 4 saturated carbocycles. The highest BCUT2D eigenvalue weighted by Crippen LogP contribution is 2.82. The van der Waals surface area contributed by atoms with Crippen molar-refractivity contribution in [3.8, 4) is 0 Å². The lowest BCUT2D eigenvalue weighted by atomic mass is 9.80. The van der Waals surface area contributed by atoms with E-state index in [0.717, 1.165) is 23.7 Å².